The van der Waals surface area contributed by atoms with Crippen molar-refractivity contribution in [3.05, 3.63) is 82.3 Å². The van der Waals surface area contributed by atoms with E-state index in [0.29, 0.717) is 5.56 Å². The molecule has 142 valence electrons. The summed E-state index contributed by atoms with van der Waals surface area (Å²) in [6.45, 7) is 8.09. The van der Waals surface area contributed by atoms with Crippen LogP contribution in [0.3, 0.4) is 0 Å². The van der Waals surface area contributed by atoms with Gasteiger partial charge in [-0.2, -0.15) is 0 Å². The number of benzene rings is 3. The number of hydrogen-bond acceptors (Lipinski definition) is 2. The van der Waals surface area contributed by atoms with Crippen molar-refractivity contribution in [3.8, 4) is 22.6 Å². The second-order valence-corrected chi connectivity index (χ2v) is 7.56. The van der Waals surface area contributed by atoms with E-state index in [4.69, 9.17) is 4.74 Å². The van der Waals surface area contributed by atoms with Gasteiger partial charge in [0.1, 0.15) is 11.4 Å². The lowest BCUT2D eigenvalue weighted by Crippen LogP contribution is -2.10. The minimum Gasteiger partial charge on any atom is -0.489 e. The van der Waals surface area contributed by atoms with E-state index >= 15 is 0 Å². The molecule has 1 aromatic heterocycles. The Morgan fingerprint density at radius 1 is 0.893 bits per heavy atom. The molecule has 0 atom stereocenters. The van der Waals surface area contributed by atoms with Crippen LogP contribution in [0.5, 0.6) is 5.75 Å². The van der Waals surface area contributed by atoms with Gasteiger partial charge in [-0.25, -0.2) is 0 Å². The molecule has 0 aliphatic carbocycles. The van der Waals surface area contributed by atoms with E-state index in [1.165, 1.54) is 10.9 Å². The first-order valence-electron chi connectivity index (χ1n) is 9.51. The number of nitrogens with zero attached hydrogens (tertiary/aromatic N) is 1. The molecule has 1 N–H and O–H groups in total. The maximum Gasteiger partial charge on any atom is 0.272 e. The standard InChI is InChI=1S/C24H24N2O2/c1-15(2)28-23-10-6-17(4)12-22(23)26-14-21(24(27)25-26)20-9-8-18-11-16(3)5-7-19(18)13-20/h5-15H,1-4H3,(H,25,27). The Morgan fingerprint density at radius 2 is 1.57 bits per heavy atom. The number of nitrogens with one attached hydrogen (secondary N) is 1. The van der Waals surface area contributed by atoms with Gasteiger partial charge in [-0.3, -0.25) is 14.6 Å². The molecule has 0 fully saturated rings. The van der Waals surface area contributed by atoms with Crippen molar-refractivity contribution in [1.29, 1.82) is 0 Å². The smallest absolute Gasteiger partial charge is 0.272 e. The minimum atomic E-state index is -0.122. The molecule has 28 heavy (non-hydrogen) atoms. The van der Waals surface area contributed by atoms with Crippen LogP contribution in [-0.2, 0) is 0 Å². The van der Waals surface area contributed by atoms with Crippen molar-refractivity contribution in [1.82, 2.24) is 9.78 Å². The third kappa shape index (κ3) is 3.46. The minimum absolute atomic E-state index is 0.0483. The van der Waals surface area contributed by atoms with Crippen LogP contribution in [0, 0.1) is 13.8 Å². The quantitative estimate of drug-likeness (QED) is 0.522. The Bertz CT molecular complexity index is 1210. The van der Waals surface area contributed by atoms with E-state index in [1.54, 1.807) is 4.68 Å². The zero-order valence-electron chi connectivity index (χ0n) is 16.6. The Hall–Kier alpha value is -3.27. The van der Waals surface area contributed by atoms with Crippen LogP contribution in [0.4, 0.5) is 0 Å². The molecule has 0 saturated heterocycles. The Labute approximate surface area is 164 Å². The first-order chi connectivity index (χ1) is 13.4. The number of aromatic amines is 1. The summed E-state index contributed by atoms with van der Waals surface area (Å²) in [6, 6.07) is 18.4. The summed E-state index contributed by atoms with van der Waals surface area (Å²) in [5.74, 6) is 0.743. The maximum absolute atomic E-state index is 12.7. The molecule has 0 spiro atoms. The highest BCUT2D eigenvalue weighted by Crippen LogP contribution is 2.27. The van der Waals surface area contributed by atoms with Crippen LogP contribution >= 0.6 is 0 Å². The SMILES string of the molecule is Cc1ccc(OC(C)C)c(-n2cc(-c3ccc4cc(C)ccc4c3)c(=O)[nH]2)c1. The van der Waals surface area contributed by atoms with Crippen LogP contribution in [0.25, 0.3) is 27.6 Å². The van der Waals surface area contributed by atoms with Crippen LogP contribution in [0.15, 0.2) is 65.6 Å². The predicted octanol–water partition coefficient (Wildman–Crippen LogP) is 5.39. The molecule has 4 rings (SSSR count). The Balaban J connectivity index is 1.81. The van der Waals surface area contributed by atoms with E-state index in [2.05, 4.69) is 42.4 Å². The number of aromatic nitrogens is 2. The monoisotopic (exact) mass is 372 g/mol. The number of ether oxygens (including phenoxy) is 1. The molecule has 4 aromatic rings. The summed E-state index contributed by atoms with van der Waals surface area (Å²) in [5.41, 5.74) is 4.57. The molecule has 0 saturated carbocycles. The number of hydrogen-bond donors (Lipinski definition) is 1. The second kappa shape index (κ2) is 7.04. The van der Waals surface area contributed by atoms with E-state index in [1.807, 2.05) is 51.2 Å². The number of aryl methyl sites for hydroxylation is 2. The molecule has 0 bridgehead atoms. The van der Waals surface area contributed by atoms with Crippen molar-refractivity contribution < 1.29 is 4.74 Å². The van der Waals surface area contributed by atoms with Gasteiger partial charge in [0.2, 0.25) is 0 Å². The summed E-state index contributed by atoms with van der Waals surface area (Å²) in [5, 5.41) is 5.23. The highest BCUT2D eigenvalue weighted by molar-refractivity contribution is 5.87. The first kappa shape index (κ1) is 18.1. The average molecular weight is 372 g/mol. The molecular weight excluding hydrogens is 348 g/mol. The number of fused-ring (bicyclic) bond motifs is 1. The van der Waals surface area contributed by atoms with Gasteiger partial charge in [0.25, 0.3) is 5.56 Å². The van der Waals surface area contributed by atoms with E-state index in [0.717, 1.165) is 28.0 Å². The molecule has 0 aliphatic rings. The summed E-state index contributed by atoms with van der Waals surface area (Å²) in [4.78, 5) is 12.7. The Morgan fingerprint density at radius 3 is 2.36 bits per heavy atom. The molecule has 1 heterocycles. The van der Waals surface area contributed by atoms with Gasteiger partial charge in [0, 0.05) is 6.20 Å². The predicted molar refractivity (Wildman–Crippen MR) is 115 cm³/mol. The lowest BCUT2D eigenvalue weighted by Gasteiger charge is -2.15. The zero-order chi connectivity index (χ0) is 19.8. The van der Waals surface area contributed by atoms with Gasteiger partial charge in [0.15, 0.2) is 0 Å². The van der Waals surface area contributed by atoms with Crippen molar-refractivity contribution in [2.45, 2.75) is 33.8 Å². The summed E-state index contributed by atoms with van der Waals surface area (Å²) >= 11 is 0. The van der Waals surface area contributed by atoms with Crippen molar-refractivity contribution in [2.75, 3.05) is 0 Å². The lowest BCUT2D eigenvalue weighted by atomic mass is 10.0. The van der Waals surface area contributed by atoms with Gasteiger partial charge < -0.3 is 4.74 Å². The maximum atomic E-state index is 12.7. The highest BCUT2D eigenvalue weighted by Gasteiger charge is 2.13. The van der Waals surface area contributed by atoms with Gasteiger partial charge >= 0.3 is 0 Å². The fourth-order valence-corrected chi connectivity index (χ4v) is 3.43. The fourth-order valence-electron chi connectivity index (χ4n) is 3.43. The van der Waals surface area contributed by atoms with Gasteiger partial charge in [-0.1, -0.05) is 42.0 Å². The van der Waals surface area contributed by atoms with E-state index < -0.39 is 0 Å². The largest absolute Gasteiger partial charge is 0.489 e. The zero-order valence-corrected chi connectivity index (χ0v) is 16.6. The topological polar surface area (TPSA) is 47.0 Å². The molecule has 0 aliphatic heterocycles. The first-order valence-corrected chi connectivity index (χ1v) is 9.51. The molecule has 4 nitrogen and oxygen atoms in total. The fraction of sp³-hybridized carbons (Fsp3) is 0.208. The summed E-state index contributed by atoms with van der Waals surface area (Å²) < 4.78 is 7.69. The number of H-pyrrole nitrogens is 1. The third-order valence-corrected chi connectivity index (χ3v) is 4.77. The third-order valence-electron chi connectivity index (χ3n) is 4.77. The van der Waals surface area contributed by atoms with Crippen molar-refractivity contribution in [3.63, 3.8) is 0 Å². The normalized spacial score (nSPS) is 11.3. The molecule has 4 heteroatoms. The molecule has 0 radical (unpaired) electrons. The van der Waals surface area contributed by atoms with E-state index in [-0.39, 0.29) is 11.7 Å². The van der Waals surface area contributed by atoms with Gasteiger partial charge in [0.05, 0.1) is 11.7 Å². The van der Waals surface area contributed by atoms with Crippen LogP contribution in [-0.4, -0.2) is 15.9 Å². The van der Waals surface area contributed by atoms with Gasteiger partial charge in [-0.05, 0) is 67.8 Å². The van der Waals surface area contributed by atoms with Crippen molar-refractivity contribution in [2.24, 2.45) is 0 Å². The van der Waals surface area contributed by atoms with Crippen LogP contribution in [0.2, 0.25) is 0 Å². The second-order valence-electron chi connectivity index (χ2n) is 7.56. The lowest BCUT2D eigenvalue weighted by molar-refractivity contribution is 0.241. The summed E-state index contributed by atoms with van der Waals surface area (Å²) in [7, 11) is 0. The Kier molecular flexibility index (Phi) is 4.55. The molecule has 0 unspecified atom stereocenters. The molecular formula is C24H24N2O2. The number of rotatable bonds is 4. The van der Waals surface area contributed by atoms with Crippen LogP contribution < -0.4 is 10.3 Å². The highest BCUT2D eigenvalue weighted by atomic mass is 16.5. The summed E-state index contributed by atoms with van der Waals surface area (Å²) in [6.07, 6.45) is 1.90. The van der Waals surface area contributed by atoms with Crippen LogP contribution in [0.1, 0.15) is 25.0 Å². The molecule has 3 aromatic carbocycles. The van der Waals surface area contributed by atoms with Crippen molar-refractivity contribution >= 4 is 10.8 Å². The molecule has 0 amide bonds. The van der Waals surface area contributed by atoms with Gasteiger partial charge in [-0.15, -0.1) is 0 Å². The van der Waals surface area contributed by atoms with E-state index in [9.17, 15) is 4.79 Å². The average Bonchev–Trinajstić information content (AvgIpc) is 3.04.